The van der Waals surface area contributed by atoms with Crippen LogP contribution >= 0.6 is 0 Å². The van der Waals surface area contributed by atoms with E-state index >= 15 is 0 Å². The van der Waals surface area contributed by atoms with E-state index in [4.69, 9.17) is 5.73 Å². The van der Waals surface area contributed by atoms with Gasteiger partial charge in [0.1, 0.15) is 0 Å². The molecule has 0 atom stereocenters. The molecule has 0 saturated carbocycles. The summed E-state index contributed by atoms with van der Waals surface area (Å²) in [6.45, 7) is 6.59. The van der Waals surface area contributed by atoms with Crippen LogP contribution in [-0.4, -0.2) is 25.5 Å². The molecule has 2 rings (SSSR count). The van der Waals surface area contributed by atoms with Gasteiger partial charge in [0, 0.05) is 31.0 Å². The third-order valence-corrected chi connectivity index (χ3v) is 3.89. The number of hydrogen-bond donors (Lipinski definition) is 2. The van der Waals surface area contributed by atoms with Crippen LogP contribution in [0.3, 0.4) is 0 Å². The number of likely N-dealkylation sites (N-methyl/N-ethyl adjacent to an activating group) is 1. The number of nitrogens with two attached hydrogens (primary N) is 1. The summed E-state index contributed by atoms with van der Waals surface area (Å²) in [7, 11) is 0. The molecule has 0 unspecified atom stereocenters. The third kappa shape index (κ3) is 5.02. The number of carbonyl (C=O) groups excluding carboxylic acids is 1. The Balaban J connectivity index is 1.82. The molecule has 0 saturated heterocycles. The molecule has 0 spiro atoms. The third-order valence-electron chi connectivity index (χ3n) is 3.89. The maximum atomic E-state index is 12.0. The van der Waals surface area contributed by atoms with E-state index in [1.165, 1.54) is 11.3 Å². The van der Waals surface area contributed by atoms with Gasteiger partial charge < -0.3 is 16.0 Å². The lowest BCUT2D eigenvalue weighted by molar-refractivity contribution is -0.120. The molecule has 0 aromatic heterocycles. The Morgan fingerprint density at radius 1 is 1.13 bits per heavy atom. The van der Waals surface area contributed by atoms with Gasteiger partial charge in [0.2, 0.25) is 5.91 Å². The van der Waals surface area contributed by atoms with E-state index in [1.807, 2.05) is 36.4 Å². The molecular weight excluding hydrogens is 286 g/mol. The van der Waals surface area contributed by atoms with Gasteiger partial charge in [0.15, 0.2) is 0 Å². The molecule has 1 amide bonds. The zero-order valence-electron chi connectivity index (χ0n) is 13.9. The number of anilines is 2. The summed E-state index contributed by atoms with van der Waals surface area (Å²) in [5.74, 6) is 0.0376. The second-order valence-corrected chi connectivity index (χ2v) is 5.63. The van der Waals surface area contributed by atoms with Crippen molar-refractivity contribution in [3.63, 3.8) is 0 Å². The van der Waals surface area contributed by atoms with Crippen LogP contribution in [0.15, 0.2) is 48.5 Å². The zero-order chi connectivity index (χ0) is 16.7. The molecule has 4 heteroatoms. The molecule has 2 aromatic rings. The summed E-state index contributed by atoms with van der Waals surface area (Å²) in [4.78, 5) is 14.3. The van der Waals surface area contributed by atoms with Crippen molar-refractivity contribution in [3.05, 3.63) is 59.7 Å². The van der Waals surface area contributed by atoms with E-state index in [0.29, 0.717) is 18.7 Å². The molecule has 0 radical (unpaired) electrons. The van der Waals surface area contributed by atoms with Crippen LogP contribution in [0.25, 0.3) is 0 Å². The summed E-state index contributed by atoms with van der Waals surface area (Å²) >= 11 is 0. The van der Waals surface area contributed by atoms with Crippen molar-refractivity contribution < 1.29 is 4.79 Å². The van der Waals surface area contributed by atoms with Gasteiger partial charge in [-0.05, 0) is 43.2 Å². The zero-order valence-corrected chi connectivity index (χ0v) is 13.9. The highest BCUT2D eigenvalue weighted by Gasteiger charge is 2.08. The average molecular weight is 311 g/mol. The molecular formula is C19H25N3O. The van der Waals surface area contributed by atoms with Gasteiger partial charge in [0.05, 0.1) is 6.42 Å². The first-order valence-corrected chi connectivity index (χ1v) is 8.02. The predicted molar refractivity (Wildman–Crippen MR) is 96.6 cm³/mol. The minimum Gasteiger partial charge on any atom is -0.399 e. The molecule has 0 aliphatic heterocycles. The lowest BCUT2D eigenvalue weighted by Gasteiger charge is -2.25. The van der Waals surface area contributed by atoms with E-state index in [0.717, 1.165) is 18.7 Å². The molecule has 4 nitrogen and oxygen atoms in total. The van der Waals surface area contributed by atoms with E-state index in [1.54, 1.807) is 0 Å². The summed E-state index contributed by atoms with van der Waals surface area (Å²) < 4.78 is 0. The second-order valence-electron chi connectivity index (χ2n) is 5.63. The molecule has 0 bridgehead atoms. The number of nitrogen functional groups attached to an aromatic ring is 1. The van der Waals surface area contributed by atoms with E-state index in [9.17, 15) is 4.79 Å². The maximum absolute atomic E-state index is 12.0. The highest BCUT2D eigenvalue weighted by Crippen LogP contribution is 2.18. The topological polar surface area (TPSA) is 58.4 Å². The molecule has 2 aromatic carbocycles. The number of para-hydroxylation sites is 1. The summed E-state index contributed by atoms with van der Waals surface area (Å²) in [6, 6.07) is 15.7. The Hall–Kier alpha value is -2.49. The number of nitrogens with zero attached hydrogens (tertiary/aromatic N) is 1. The number of rotatable bonds is 7. The van der Waals surface area contributed by atoms with Gasteiger partial charge in [0.25, 0.3) is 0 Å². The Kier molecular flexibility index (Phi) is 6.03. The van der Waals surface area contributed by atoms with Crippen LogP contribution in [-0.2, 0) is 11.2 Å². The van der Waals surface area contributed by atoms with Crippen LogP contribution in [0, 0.1) is 6.92 Å². The fourth-order valence-electron chi connectivity index (χ4n) is 2.58. The molecule has 0 fully saturated rings. The number of hydrogen-bond acceptors (Lipinski definition) is 3. The van der Waals surface area contributed by atoms with Crippen LogP contribution in [0.1, 0.15) is 18.1 Å². The van der Waals surface area contributed by atoms with Crippen molar-refractivity contribution in [2.24, 2.45) is 0 Å². The van der Waals surface area contributed by atoms with E-state index in [2.05, 4.69) is 36.2 Å². The van der Waals surface area contributed by atoms with Crippen molar-refractivity contribution in [2.45, 2.75) is 20.3 Å². The Morgan fingerprint density at radius 3 is 2.48 bits per heavy atom. The number of carbonyl (C=O) groups is 1. The van der Waals surface area contributed by atoms with Gasteiger partial charge in [-0.2, -0.15) is 0 Å². The fourth-order valence-corrected chi connectivity index (χ4v) is 2.58. The lowest BCUT2D eigenvalue weighted by atomic mass is 10.1. The van der Waals surface area contributed by atoms with Crippen molar-refractivity contribution in [1.82, 2.24) is 5.32 Å². The van der Waals surface area contributed by atoms with Crippen molar-refractivity contribution >= 4 is 17.3 Å². The maximum Gasteiger partial charge on any atom is 0.224 e. The molecule has 122 valence electrons. The summed E-state index contributed by atoms with van der Waals surface area (Å²) in [5, 5.41) is 2.99. The Bertz CT molecular complexity index is 637. The molecule has 23 heavy (non-hydrogen) atoms. The molecule has 0 heterocycles. The quantitative estimate of drug-likeness (QED) is 0.773. The summed E-state index contributed by atoms with van der Waals surface area (Å²) in [6.07, 6.45) is 0.386. The largest absolute Gasteiger partial charge is 0.399 e. The SMILES string of the molecule is CCN(CCNC(=O)Cc1ccc(N)cc1)c1ccccc1C. The van der Waals surface area contributed by atoms with Crippen LogP contribution in [0.4, 0.5) is 11.4 Å². The Labute approximate surface area is 138 Å². The smallest absolute Gasteiger partial charge is 0.224 e. The predicted octanol–water partition coefficient (Wildman–Crippen LogP) is 2.76. The van der Waals surface area contributed by atoms with Gasteiger partial charge in [-0.1, -0.05) is 30.3 Å². The normalized spacial score (nSPS) is 10.3. The highest BCUT2D eigenvalue weighted by atomic mass is 16.1. The van der Waals surface area contributed by atoms with Crippen LogP contribution < -0.4 is 16.0 Å². The first kappa shape index (κ1) is 16.9. The second kappa shape index (κ2) is 8.22. The monoisotopic (exact) mass is 311 g/mol. The summed E-state index contributed by atoms with van der Waals surface area (Å²) in [5.41, 5.74) is 9.81. The van der Waals surface area contributed by atoms with Crippen LogP contribution in [0.5, 0.6) is 0 Å². The van der Waals surface area contributed by atoms with Crippen molar-refractivity contribution in [1.29, 1.82) is 0 Å². The van der Waals surface area contributed by atoms with E-state index < -0.39 is 0 Å². The Morgan fingerprint density at radius 2 is 1.83 bits per heavy atom. The number of aryl methyl sites for hydroxylation is 1. The number of amides is 1. The first-order chi connectivity index (χ1) is 11.1. The van der Waals surface area contributed by atoms with Crippen molar-refractivity contribution in [2.75, 3.05) is 30.3 Å². The van der Waals surface area contributed by atoms with Gasteiger partial charge >= 0.3 is 0 Å². The lowest BCUT2D eigenvalue weighted by Crippen LogP contribution is -2.35. The van der Waals surface area contributed by atoms with Gasteiger partial charge in [-0.15, -0.1) is 0 Å². The van der Waals surface area contributed by atoms with Gasteiger partial charge in [-0.25, -0.2) is 0 Å². The standard InChI is InChI=1S/C19H25N3O/c1-3-22(18-7-5-4-6-15(18)2)13-12-21-19(23)14-16-8-10-17(20)11-9-16/h4-11H,3,12-14,20H2,1-2H3,(H,21,23). The number of benzene rings is 2. The fraction of sp³-hybridized carbons (Fsp3) is 0.316. The first-order valence-electron chi connectivity index (χ1n) is 8.02. The minimum absolute atomic E-state index is 0.0376. The minimum atomic E-state index is 0.0376. The highest BCUT2D eigenvalue weighted by molar-refractivity contribution is 5.78. The average Bonchev–Trinajstić information content (AvgIpc) is 2.55. The van der Waals surface area contributed by atoms with Crippen LogP contribution in [0.2, 0.25) is 0 Å². The van der Waals surface area contributed by atoms with E-state index in [-0.39, 0.29) is 5.91 Å². The molecule has 0 aliphatic carbocycles. The number of nitrogens with one attached hydrogen (secondary N) is 1. The van der Waals surface area contributed by atoms with Crippen molar-refractivity contribution in [3.8, 4) is 0 Å². The molecule has 0 aliphatic rings. The van der Waals surface area contributed by atoms with Gasteiger partial charge in [-0.3, -0.25) is 4.79 Å². The molecule has 3 N–H and O–H groups in total.